The number of rotatable bonds is 5. The van der Waals surface area contributed by atoms with Crippen molar-refractivity contribution >= 4 is 11.7 Å². The van der Waals surface area contributed by atoms with Crippen LogP contribution in [0, 0.1) is 0 Å². The van der Waals surface area contributed by atoms with E-state index in [1.807, 2.05) is 30.3 Å². The Bertz CT molecular complexity index is 667. The summed E-state index contributed by atoms with van der Waals surface area (Å²) < 4.78 is 5.65. The van der Waals surface area contributed by atoms with Crippen molar-refractivity contribution in [1.82, 2.24) is 5.32 Å². The summed E-state index contributed by atoms with van der Waals surface area (Å²) in [6.07, 6.45) is 1.94. The van der Waals surface area contributed by atoms with Gasteiger partial charge in [0.15, 0.2) is 0 Å². The Hall–Kier alpha value is -2.49. The van der Waals surface area contributed by atoms with Gasteiger partial charge in [-0.2, -0.15) is 0 Å². The fourth-order valence-corrected chi connectivity index (χ4v) is 2.79. The first kappa shape index (κ1) is 15.4. The standard InChI is InChI=1S/C19H22N2O2/c1-2-15-7-9-17(10-8-15)23-14-12-20-19(22)21-13-11-16-5-3-4-6-18(16)21/h3-10H,2,11-14H2,1H3,(H,20,22). The van der Waals surface area contributed by atoms with Crippen molar-refractivity contribution in [2.75, 3.05) is 24.6 Å². The third-order valence-electron chi connectivity index (χ3n) is 4.11. The van der Waals surface area contributed by atoms with Crippen molar-refractivity contribution in [3.63, 3.8) is 0 Å². The van der Waals surface area contributed by atoms with Crippen molar-refractivity contribution in [2.24, 2.45) is 0 Å². The molecule has 3 rings (SSSR count). The van der Waals surface area contributed by atoms with Crippen LogP contribution in [0.15, 0.2) is 48.5 Å². The SMILES string of the molecule is CCc1ccc(OCCNC(=O)N2CCc3ccccc32)cc1. The van der Waals surface area contributed by atoms with Crippen molar-refractivity contribution < 1.29 is 9.53 Å². The van der Waals surface area contributed by atoms with Gasteiger partial charge in [-0.05, 0) is 42.2 Å². The number of anilines is 1. The maximum Gasteiger partial charge on any atom is 0.322 e. The Balaban J connectivity index is 1.45. The van der Waals surface area contributed by atoms with Gasteiger partial charge in [0.25, 0.3) is 0 Å². The van der Waals surface area contributed by atoms with Gasteiger partial charge >= 0.3 is 6.03 Å². The zero-order chi connectivity index (χ0) is 16.1. The second-order valence-corrected chi connectivity index (χ2v) is 5.61. The maximum atomic E-state index is 12.3. The lowest BCUT2D eigenvalue weighted by Crippen LogP contribution is -2.40. The summed E-state index contributed by atoms with van der Waals surface area (Å²) in [5.74, 6) is 0.836. The largest absolute Gasteiger partial charge is 0.492 e. The van der Waals surface area contributed by atoms with Gasteiger partial charge in [-0.1, -0.05) is 37.3 Å². The van der Waals surface area contributed by atoms with Gasteiger partial charge in [0.1, 0.15) is 12.4 Å². The molecule has 0 aliphatic carbocycles. The number of para-hydroxylation sites is 1. The molecule has 0 fully saturated rings. The molecule has 2 amide bonds. The van der Waals surface area contributed by atoms with E-state index in [1.165, 1.54) is 11.1 Å². The molecule has 0 bridgehead atoms. The van der Waals surface area contributed by atoms with Crippen LogP contribution < -0.4 is 15.0 Å². The number of fused-ring (bicyclic) bond motifs is 1. The first-order valence-electron chi connectivity index (χ1n) is 8.13. The molecular weight excluding hydrogens is 288 g/mol. The zero-order valence-corrected chi connectivity index (χ0v) is 13.4. The highest BCUT2D eigenvalue weighted by atomic mass is 16.5. The fourth-order valence-electron chi connectivity index (χ4n) is 2.79. The van der Waals surface area contributed by atoms with E-state index < -0.39 is 0 Å². The van der Waals surface area contributed by atoms with E-state index in [1.54, 1.807) is 4.90 Å². The average Bonchev–Trinajstić information content (AvgIpc) is 3.03. The molecule has 0 saturated carbocycles. The lowest BCUT2D eigenvalue weighted by molar-refractivity contribution is 0.242. The highest BCUT2D eigenvalue weighted by molar-refractivity contribution is 5.94. The van der Waals surface area contributed by atoms with E-state index in [9.17, 15) is 4.79 Å². The molecule has 0 saturated heterocycles. The smallest absolute Gasteiger partial charge is 0.322 e. The molecule has 2 aromatic carbocycles. The topological polar surface area (TPSA) is 41.6 Å². The number of urea groups is 1. The molecule has 4 nitrogen and oxygen atoms in total. The molecule has 23 heavy (non-hydrogen) atoms. The lowest BCUT2D eigenvalue weighted by atomic mass is 10.2. The number of nitrogens with one attached hydrogen (secondary N) is 1. The Morgan fingerprint density at radius 1 is 1.17 bits per heavy atom. The Morgan fingerprint density at radius 2 is 1.96 bits per heavy atom. The number of aryl methyl sites for hydroxylation is 1. The van der Waals surface area contributed by atoms with Gasteiger partial charge in [-0.25, -0.2) is 4.79 Å². The fraction of sp³-hybridized carbons (Fsp3) is 0.316. The molecule has 0 aromatic heterocycles. The van der Waals surface area contributed by atoms with Crippen LogP contribution in [0.1, 0.15) is 18.1 Å². The van der Waals surface area contributed by atoms with Gasteiger partial charge in [0.05, 0.1) is 6.54 Å². The van der Waals surface area contributed by atoms with Gasteiger partial charge < -0.3 is 10.1 Å². The van der Waals surface area contributed by atoms with Crippen molar-refractivity contribution in [2.45, 2.75) is 19.8 Å². The summed E-state index contributed by atoms with van der Waals surface area (Å²) >= 11 is 0. The maximum absolute atomic E-state index is 12.3. The average molecular weight is 310 g/mol. The van der Waals surface area contributed by atoms with E-state index >= 15 is 0 Å². The Kier molecular flexibility index (Phi) is 4.81. The number of carbonyl (C=O) groups excluding carboxylic acids is 1. The summed E-state index contributed by atoms with van der Waals surface area (Å²) in [7, 11) is 0. The quantitative estimate of drug-likeness (QED) is 0.860. The van der Waals surface area contributed by atoms with Crippen molar-refractivity contribution in [3.05, 3.63) is 59.7 Å². The molecule has 1 aliphatic rings. The third-order valence-corrected chi connectivity index (χ3v) is 4.11. The minimum absolute atomic E-state index is 0.0557. The number of nitrogens with zero attached hydrogens (tertiary/aromatic N) is 1. The number of benzene rings is 2. The Labute approximate surface area is 137 Å². The van der Waals surface area contributed by atoms with Gasteiger partial charge in [-0.3, -0.25) is 4.90 Å². The predicted molar refractivity (Wildman–Crippen MR) is 92.2 cm³/mol. The molecule has 4 heteroatoms. The monoisotopic (exact) mass is 310 g/mol. The molecule has 1 aliphatic heterocycles. The second-order valence-electron chi connectivity index (χ2n) is 5.61. The van der Waals surface area contributed by atoms with Gasteiger partial charge in [-0.15, -0.1) is 0 Å². The molecular formula is C19H22N2O2. The summed E-state index contributed by atoms with van der Waals surface area (Å²) in [5, 5.41) is 2.92. The van der Waals surface area contributed by atoms with Crippen LogP contribution >= 0.6 is 0 Å². The molecule has 1 N–H and O–H groups in total. The van der Waals surface area contributed by atoms with Crippen LogP contribution in [0.3, 0.4) is 0 Å². The summed E-state index contributed by atoms with van der Waals surface area (Å²) in [5.41, 5.74) is 3.54. The number of hydrogen-bond donors (Lipinski definition) is 1. The minimum Gasteiger partial charge on any atom is -0.492 e. The van der Waals surface area contributed by atoms with E-state index in [0.29, 0.717) is 13.2 Å². The summed E-state index contributed by atoms with van der Waals surface area (Å²) in [4.78, 5) is 14.1. The highest BCUT2D eigenvalue weighted by Gasteiger charge is 2.23. The molecule has 120 valence electrons. The minimum atomic E-state index is -0.0557. The van der Waals surface area contributed by atoms with E-state index in [-0.39, 0.29) is 6.03 Å². The number of hydrogen-bond acceptors (Lipinski definition) is 2. The van der Waals surface area contributed by atoms with Gasteiger partial charge in [0, 0.05) is 12.2 Å². The predicted octanol–water partition coefficient (Wildman–Crippen LogP) is 3.40. The number of carbonyl (C=O) groups is 1. The number of amides is 2. The highest BCUT2D eigenvalue weighted by Crippen LogP contribution is 2.27. The normalized spacial score (nSPS) is 12.8. The second kappa shape index (κ2) is 7.18. The molecule has 0 radical (unpaired) electrons. The van der Waals surface area contributed by atoms with Crippen LogP contribution in [0.2, 0.25) is 0 Å². The molecule has 2 aromatic rings. The zero-order valence-electron chi connectivity index (χ0n) is 13.4. The molecule has 0 atom stereocenters. The third kappa shape index (κ3) is 3.65. The van der Waals surface area contributed by atoms with Gasteiger partial charge in [0.2, 0.25) is 0 Å². The van der Waals surface area contributed by atoms with Crippen LogP contribution in [0.5, 0.6) is 5.75 Å². The van der Waals surface area contributed by atoms with E-state index in [2.05, 4.69) is 30.4 Å². The van der Waals surface area contributed by atoms with Crippen molar-refractivity contribution in [1.29, 1.82) is 0 Å². The first-order valence-corrected chi connectivity index (χ1v) is 8.13. The summed E-state index contributed by atoms with van der Waals surface area (Å²) in [6, 6.07) is 16.1. The molecule has 1 heterocycles. The lowest BCUT2D eigenvalue weighted by Gasteiger charge is -2.18. The van der Waals surface area contributed by atoms with E-state index in [0.717, 1.165) is 30.8 Å². The van der Waals surface area contributed by atoms with Crippen LogP contribution in [-0.2, 0) is 12.8 Å². The van der Waals surface area contributed by atoms with Crippen LogP contribution in [0.4, 0.5) is 10.5 Å². The van der Waals surface area contributed by atoms with E-state index in [4.69, 9.17) is 4.74 Å². The van der Waals surface area contributed by atoms with Crippen molar-refractivity contribution in [3.8, 4) is 5.75 Å². The Morgan fingerprint density at radius 3 is 2.74 bits per heavy atom. The first-order chi connectivity index (χ1) is 11.3. The molecule has 0 unspecified atom stereocenters. The summed E-state index contributed by atoms with van der Waals surface area (Å²) in [6.45, 7) is 3.83. The van der Waals surface area contributed by atoms with Crippen LogP contribution in [-0.4, -0.2) is 25.7 Å². The number of ether oxygens (including phenoxy) is 1. The van der Waals surface area contributed by atoms with Crippen LogP contribution in [0.25, 0.3) is 0 Å². The molecule has 0 spiro atoms.